The first kappa shape index (κ1) is 16.5. The lowest BCUT2D eigenvalue weighted by Crippen LogP contribution is -2.35. The molecule has 0 aliphatic heterocycles. The summed E-state index contributed by atoms with van der Waals surface area (Å²) in [7, 11) is 5.70. The van der Waals surface area contributed by atoms with Crippen LogP contribution >= 0.6 is 0 Å². The van der Waals surface area contributed by atoms with Crippen molar-refractivity contribution in [2.75, 3.05) is 40.8 Å². The lowest BCUT2D eigenvalue weighted by Gasteiger charge is -2.11. The van der Waals surface area contributed by atoms with Crippen molar-refractivity contribution in [3.8, 4) is 5.75 Å². The third-order valence-electron chi connectivity index (χ3n) is 2.90. The Morgan fingerprint density at radius 1 is 1.30 bits per heavy atom. The minimum absolute atomic E-state index is 0.0265. The van der Waals surface area contributed by atoms with Crippen LogP contribution in [0.1, 0.15) is 12.0 Å². The van der Waals surface area contributed by atoms with Gasteiger partial charge < -0.3 is 20.3 Å². The van der Waals surface area contributed by atoms with Crippen LogP contribution in [0.4, 0.5) is 0 Å². The second kappa shape index (κ2) is 9.34. The largest absolute Gasteiger partial charge is 0.496 e. The monoisotopic (exact) mass is 279 g/mol. The predicted molar refractivity (Wildman–Crippen MR) is 80.9 cm³/mol. The molecule has 5 heteroatoms. The van der Waals surface area contributed by atoms with Crippen molar-refractivity contribution in [1.29, 1.82) is 0 Å². The number of nitrogens with zero attached hydrogens (tertiary/aromatic N) is 1. The summed E-state index contributed by atoms with van der Waals surface area (Å²) in [4.78, 5) is 13.7. The maximum absolute atomic E-state index is 11.6. The number of hydrogen-bond acceptors (Lipinski definition) is 4. The quantitative estimate of drug-likeness (QED) is 0.658. The first-order chi connectivity index (χ1) is 9.63. The Kier molecular flexibility index (Phi) is 7.69. The molecule has 112 valence electrons. The van der Waals surface area contributed by atoms with Crippen molar-refractivity contribution in [3.05, 3.63) is 29.8 Å². The van der Waals surface area contributed by atoms with Crippen LogP contribution < -0.4 is 15.4 Å². The van der Waals surface area contributed by atoms with E-state index in [1.54, 1.807) is 7.11 Å². The van der Waals surface area contributed by atoms with Gasteiger partial charge in [-0.1, -0.05) is 18.2 Å². The van der Waals surface area contributed by atoms with E-state index in [1.165, 1.54) is 0 Å². The highest BCUT2D eigenvalue weighted by Crippen LogP contribution is 2.16. The Hall–Kier alpha value is -1.59. The lowest BCUT2D eigenvalue weighted by molar-refractivity contribution is -0.120. The molecule has 0 bridgehead atoms. The number of carbonyl (C=O) groups is 1. The van der Waals surface area contributed by atoms with Gasteiger partial charge in [-0.25, -0.2) is 0 Å². The Morgan fingerprint density at radius 3 is 2.75 bits per heavy atom. The normalized spacial score (nSPS) is 10.6. The molecule has 20 heavy (non-hydrogen) atoms. The van der Waals surface area contributed by atoms with Gasteiger partial charge in [-0.15, -0.1) is 0 Å². The van der Waals surface area contributed by atoms with E-state index in [2.05, 4.69) is 15.5 Å². The smallest absolute Gasteiger partial charge is 0.233 e. The zero-order chi connectivity index (χ0) is 14.8. The van der Waals surface area contributed by atoms with Crippen LogP contribution in [0, 0.1) is 0 Å². The zero-order valence-electron chi connectivity index (χ0n) is 12.6. The van der Waals surface area contributed by atoms with E-state index in [9.17, 15) is 4.79 Å². The Labute approximate surface area is 121 Å². The van der Waals surface area contributed by atoms with Crippen molar-refractivity contribution in [3.63, 3.8) is 0 Å². The van der Waals surface area contributed by atoms with Crippen molar-refractivity contribution >= 4 is 5.91 Å². The number of methoxy groups -OCH3 is 1. The molecule has 0 saturated carbocycles. The van der Waals surface area contributed by atoms with E-state index >= 15 is 0 Å². The van der Waals surface area contributed by atoms with Gasteiger partial charge >= 0.3 is 0 Å². The number of rotatable bonds is 9. The minimum atomic E-state index is 0.0265. The second-order valence-corrected chi connectivity index (χ2v) is 4.92. The van der Waals surface area contributed by atoms with Gasteiger partial charge in [-0.05, 0) is 33.1 Å². The second-order valence-electron chi connectivity index (χ2n) is 4.92. The fourth-order valence-corrected chi connectivity index (χ4v) is 1.85. The molecule has 0 spiro atoms. The van der Waals surface area contributed by atoms with Gasteiger partial charge in [0.1, 0.15) is 5.75 Å². The summed E-state index contributed by atoms with van der Waals surface area (Å²) in [6, 6.07) is 7.79. The standard InChI is InChI=1S/C15H25N3O2/c1-18(2)10-6-9-17-15(19)12-16-11-13-7-4-5-8-14(13)20-3/h4-5,7-8,16H,6,9-12H2,1-3H3,(H,17,19). The number of nitrogens with one attached hydrogen (secondary N) is 2. The van der Waals surface area contributed by atoms with Crippen molar-refractivity contribution in [2.24, 2.45) is 0 Å². The van der Waals surface area contributed by atoms with Gasteiger partial charge in [0.05, 0.1) is 13.7 Å². The van der Waals surface area contributed by atoms with Gasteiger partial charge in [0.2, 0.25) is 5.91 Å². The highest BCUT2D eigenvalue weighted by atomic mass is 16.5. The molecule has 0 aliphatic carbocycles. The zero-order valence-corrected chi connectivity index (χ0v) is 12.6. The van der Waals surface area contributed by atoms with Crippen molar-refractivity contribution in [1.82, 2.24) is 15.5 Å². The van der Waals surface area contributed by atoms with E-state index in [1.807, 2.05) is 38.4 Å². The van der Waals surface area contributed by atoms with Crippen molar-refractivity contribution < 1.29 is 9.53 Å². The molecule has 0 fully saturated rings. The van der Waals surface area contributed by atoms with Crippen LogP contribution in [0.15, 0.2) is 24.3 Å². The molecule has 0 heterocycles. The summed E-state index contributed by atoms with van der Waals surface area (Å²) < 4.78 is 5.26. The van der Waals surface area contributed by atoms with E-state index in [4.69, 9.17) is 4.74 Å². The average Bonchev–Trinajstić information content (AvgIpc) is 2.44. The van der Waals surface area contributed by atoms with Crippen LogP contribution in [-0.2, 0) is 11.3 Å². The summed E-state index contributed by atoms with van der Waals surface area (Å²) in [5.74, 6) is 0.866. The highest BCUT2D eigenvalue weighted by molar-refractivity contribution is 5.77. The molecular formula is C15H25N3O2. The summed E-state index contributed by atoms with van der Waals surface area (Å²) in [6.07, 6.45) is 0.964. The van der Waals surface area contributed by atoms with Crippen LogP contribution in [0.5, 0.6) is 5.75 Å². The van der Waals surface area contributed by atoms with Gasteiger partial charge in [0, 0.05) is 18.7 Å². The van der Waals surface area contributed by atoms with E-state index in [0.29, 0.717) is 19.6 Å². The van der Waals surface area contributed by atoms with E-state index in [0.717, 1.165) is 24.3 Å². The number of hydrogen-bond donors (Lipinski definition) is 2. The Morgan fingerprint density at radius 2 is 2.05 bits per heavy atom. The fraction of sp³-hybridized carbons (Fsp3) is 0.533. The van der Waals surface area contributed by atoms with Crippen LogP contribution in [0.25, 0.3) is 0 Å². The molecule has 1 aromatic carbocycles. The van der Waals surface area contributed by atoms with E-state index in [-0.39, 0.29) is 5.91 Å². The molecule has 1 aromatic rings. The van der Waals surface area contributed by atoms with E-state index < -0.39 is 0 Å². The number of amides is 1. The van der Waals surface area contributed by atoms with Crippen LogP contribution in [0.3, 0.4) is 0 Å². The molecule has 0 atom stereocenters. The Bertz CT molecular complexity index is 408. The molecule has 2 N–H and O–H groups in total. The molecule has 0 radical (unpaired) electrons. The van der Waals surface area contributed by atoms with Gasteiger partial charge in [-0.2, -0.15) is 0 Å². The molecule has 0 aliphatic rings. The molecular weight excluding hydrogens is 254 g/mol. The molecule has 5 nitrogen and oxygen atoms in total. The first-order valence-electron chi connectivity index (χ1n) is 6.87. The third kappa shape index (κ3) is 6.54. The minimum Gasteiger partial charge on any atom is -0.496 e. The molecule has 0 saturated heterocycles. The summed E-state index contributed by atoms with van der Waals surface area (Å²) in [5.41, 5.74) is 1.05. The summed E-state index contributed by atoms with van der Waals surface area (Å²) >= 11 is 0. The average molecular weight is 279 g/mol. The topological polar surface area (TPSA) is 53.6 Å². The van der Waals surface area contributed by atoms with Crippen molar-refractivity contribution in [2.45, 2.75) is 13.0 Å². The van der Waals surface area contributed by atoms with Crippen LogP contribution in [-0.4, -0.2) is 51.6 Å². The lowest BCUT2D eigenvalue weighted by atomic mass is 10.2. The number of para-hydroxylation sites is 1. The number of benzene rings is 1. The van der Waals surface area contributed by atoms with Gasteiger partial charge in [0.15, 0.2) is 0 Å². The predicted octanol–water partition coefficient (Wildman–Crippen LogP) is 0.853. The molecule has 0 unspecified atom stereocenters. The Balaban J connectivity index is 2.18. The maximum atomic E-state index is 11.6. The molecule has 0 aromatic heterocycles. The SMILES string of the molecule is COc1ccccc1CNCC(=O)NCCCN(C)C. The maximum Gasteiger partial charge on any atom is 0.233 e. The van der Waals surface area contributed by atoms with Gasteiger partial charge in [-0.3, -0.25) is 4.79 Å². The number of ether oxygens (including phenoxy) is 1. The third-order valence-corrected chi connectivity index (χ3v) is 2.90. The molecule has 1 rings (SSSR count). The highest BCUT2D eigenvalue weighted by Gasteiger charge is 2.03. The summed E-state index contributed by atoms with van der Waals surface area (Å²) in [6.45, 7) is 2.64. The van der Waals surface area contributed by atoms with Crippen LogP contribution in [0.2, 0.25) is 0 Å². The summed E-state index contributed by atoms with van der Waals surface area (Å²) in [5, 5.41) is 6.02. The molecule has 1 amide bonds. The number of carbonyl (C=O) groups excluding carboxylic acids is 1. The van der Waals surface area contributed by atoms with Gasteiger partial charge in [0.25, 0.3) is 0 Å². The fourth-order valence-electron chi connectivity index (χ4n) is 1.85. The first-order valence-corrected chi connectivity index (χ1v) is 6.87.